The quantitative estimate of drug-likeness (QED) is 0.494. The van der Waals surface area contributed by atoms with Crippen molar-refractivity contribution in [2.24, 2.45) is 5.41 Å². The van der Waals surface area contributed by atoms with Gasteiger partial charge in [-0.15, -0.1) is 0 Å². The Balaban J connectivity index is 1.84. The van der Waals surface area contributed by atoms with Crippen molar-refractivity contribution in [2.45, 2.75) is 60.4 Å². The molecule has 0 bridgehead atoms. The molecule has 0 atom stereocenters. The van der Waals surface area contributed by atoms with Gasteiger partial charge in [0.2, 0.25) is 0 Å². The average molecular weight is 494 g/mol. The van der Waals surface area contributed by atoms with Crippen LogP contribution in [0.2, 0.25) is 0 Å². The summed E-state index contributed by atoms with van der Waals surface area (Å²) in [4.78, 5) is 27.4. The van der Waals surface area contributed by atoms with Gasteiger partial charge in [0.15, 0.2) is 5.78 Å². The molecule has 1 aliphatic heterocycles. The van der Waals surface area contributed by atoms with E-state index in [1.54, 1.807) is 24.1 Å². The molecule has 0 unspecified atom stereocenters. The summed E-state index contributed by atoms with van der Waals surface area (Å²) in [5.41, 5.74) is 3.29. The van der Waals surface area contributed by atoms with Gasteiger partial charge in [-0.05, 0) is 53.6 Å². The maximum absolute atomic E-state index is 13.3. The molecule has 0 aliphatic carbocycles. The fraction of sp³-hybridized carbons (Fsp3) is 0.483. The number of Topliss-reactive ketones (excluding diaryl/α,β-unsaturated/α-hetero) is 1. The summed E-state index contributed by atoms with van der Waals surface area (Å²) >= 11 is 0. The molecule has 0 fully saturated rings. The Kier molecular flexibility index (Phi) is 7.82. The van der Waals surface area contributed by atoms with Crippen LogP contribution in [0.25, 0.3) is 0 Å². The molecule has 1 amide bonds. The molecule has 0 aromatic heterocycles. The summed E-state index contributed by atoms with van der Waals surface area (Å²) < 4.78 is 11.8. The molecule has 0 spiro atoms. The van der Waals surface area contributed by atoms with Crippen molar-refractivity contribution in [3.63, 3.8) is 0 Å². The number of rotatable bonds is 8. The van der Waals surface area contributed by atoms with Crippen molar-refractivity contribution >= 4 is 17.5 Å². The Hall–Kier alpha value is -3.35. The summed E-state index contributed by atoms with van der Waals surface area (Å²) in [7, 11) is 1.56. The number of fused-ring (bicyclic) bond motifs is 1. The third-order valence-corrected chi connectivity index (χ3v) is 6.01. The molecule has 7 heteroatoms. The monoisotopic (exact) mass is 493 g/mol. The maximum Gasteiger partial charge on any atom is 0.254 e. The van der Waals surface area contributed by atoms with E-state index in [0.29, 0.717) is 42.2 Å². The molecule has 1 heterocycles. The van der Waals surface area contributed by atoms with E-state index in [1.807, 2.05) is 25.1 Å². The third-order valence-electron chi connectivity index (χ3n) is 6.01. The maximum atomic E-state index is 13.3. The number of amidine groups is 1. The minimum absolute atomic E-state index is 0.0223. The van der Waals surface area contributed by atoms with E-state index in [1.165, 1.54) is 0 Å². The fourth-order valence-electron chi connectivity index (χ4n) is 4.12. The van der Waals surface area contributed by atoms with Gasteiger partial charge in [0, 0.05) is 30.3 Å². The Labute approximate surface area is 214 Å². The van der Waals surface area contributed by atoms with E-state index in [4.69, 9.17) is 14.9 Å². The minimum Gasteiger partial charge on any atom is -0.493 e. The Bertz CT molecular complexity index is 1170. The topological polar surface area (TPSA) is 91.7 Å². The largest absolute Gasteiger partial charge is 0.493 e. The Morgan fingerprint density at radius 2 is 1.72 bits per heavy atom. The second kappa shape index (κ2) is 10.3. The third kappa shape index (κ3) is 6.07. The molecule has 194 valence electrons. The van der Waals surface area contributed by atoms with E-state index in [2.05, 4.69) is 46.9 Å². The molecule has 0 saturated heterocycles. The second-order valence-electron chi connectivity index (χ2n) is 11.5. The number of carbonyl (C=O) groups excluding carboxylic acids is 2. The van der Waals surface area contributed by atoms with E-state index in [-0.39, 0.29) is 34.9 Å². The highest BCUT2D eigenvalue weighted by atomic mass is 16.5. The number of ether oxygens (including phenoxy) is 2. The van der Waals surface area contributed by atoms with Gasteiger partial charge in [-0.1, -0.05) is 41.5 Å². The summed E-state index contributed by atoms with van der Waals surface area (Å²) in [6, 6.07) is 9.10. The summed E-state index contributed by atoms with van der Waals surface area (Å²) in [6.07, 6.45) is 0. The first-order valence-electron chi connectivity index (χ1n) is 12.4. The Morgan fingerprint density at radius 1 is 1.03 bits per heavy atom. The zero-order chi connectivity index (χ0) is 26.8. The Morgan fingerprint density at radius 3 is 2.31 bits per heavy atom. The van der Waals surface area contributed by atoms with Crippen molar-refractivity contribution in [3.05, 3.63) is 58.1 Å². The lowest BCUT2D eigenvalue weighted by Gasteiger charge is -2.26. The zero-order valence-corrected chi connectivity index (χ0v) is 22.8. The molecule has 2 aromatic rings. The highest BCUT2D eigenvalue weighted by molar-refractivity contribution is 6.07. The first kappa shape index (κ1) is 27.2. The van der Waals surface area contributed by atoms with Crippen molar-refractivity contribution < 1.29 is 19.1 Å². The standard InChI is InChI=1S/C29H39N3O4/c1-9-35-25-13-19-15-32(26(30)20(19)14-21(25)27(34)31-8)16-23(33)18-10-11-24(36-17-28(2,3)4)22(12-18)29(5,6)7/h10-14,30H,9,15-17H2,1-8H3,(H,31,34). The highest BCUT2D eigenvalue weighted by Gasteiger charge is 2.30. The lowest BCUT2D eigenvalue weighted by Crippen LogP contribution is -2.30. The number of nitrogens with one attached hydrogen (secondary N) is 2. The van der Waals surface area contributed by atoms with Gasteiger partial charge in [-0.2, -0.15) is 0 Å². The first-order chi connectivity index (χ1) is 16.7. The predicted octanol–water partition coefficient (Wildman–Crippen LogP) is 5.19. The van der Waals surface area contributed by atoms with Crippen LogP contribution >= 0.6 is 0 Å². The number of ketones is 1. The number of hydrogen-bond acceptors (Lipinski definition) is 5. The van der Waals surface area contributed by atoms with Crippen molar-refractivity contribution in [1.82, 2.24) is 10.2 Å². The molecule has 0 saturated carbocycles. The van der Waals surface area contributed by atoms with Crippen LogP contribution in [0.15, 0.2) is 30.3 Å². The van der Waals surface area contributed by atoms with E-state index in [0.717, 1.165) is 16.9 Å². The van der Waals surface area contributed by atoms with Crippen LogP contribution in [-0.4, -0.2) is 49.2 Å². The summed E-state index contributed by atoms with van der Waals surface area (Å²) in [5, 5.41) is 11.3. The number of hydrogen-bond donors (Lipinski definition) is 2. The van der Waals surface area contributed by atoms with Crippen molar-refractivity contribution in [2.75, 3.05) is 26.8 Å². The molecule has 36 heavy (non-hydrogen) atoms. The molecule has 1 aliphatic rings. The predicted molar refractivity (Wildman–Crippen MR) is 143 cm³/mol. The van der Waals surface area contributed by atoms with Gasteiger partial charge in [0.25, 0.3) is 5.91 Å². The van der Waals surface area contributed by atoms with Crippen LogP contribution in [0.5, 0.6) is 11.5 Å². The zero-order valence-electron chi connectivity index (χ0n) is 22.8. The lowest BCUT2D eigenvalue weighted by atomic mass is 9.85. The minimum atomic E-state index is -0.271. The molecular formula is C29H39N3O4. The van der Waals surface area contributed by atoms with Crippen LogP contribution < -0.4 is 14.8 Å². The lowest BCUT2D eigenvalue weighted by molar-refractivity contribution is 0.0953. The van der Waals surface area contributed by atoms with Gasteiger partial charge in [0.1, 0.15) is 17.3 Å². The van der Waals surface area contributed by atoms with Gasteiger partial charge in [-0.25, -0.2) is 0 Å². The van der Waals surface area contributed by atoms with Gasteiger partial charge >= 0.3 is 0 Å². The molecule has 2 aromatic carbocycles. The highest BCUT2D eigenvalue weighted by Crippen LogP contribution is 2.34. The number of benzene rings is 2. The second-order valence-corrected chi connectivity index (χ2v) is 11.5. The van der Waals surface area contributed by atoms with Crippen molar-refractivity contribution in [1.29, 1.82) is 5.41 Å². The molecule has 3 rings (SSSR count). The van der Waals surface area contributed by atoms with Gasteiger partial charge in [-0.3, -0.25) is 15.0 Å². The van der Waals surface area contributed by atoms with E-state index >= 15 is 0 Å². The van der Waals surface area contributed by atoms with Gasteiger partial charge < -0.3 is 19.7 Å². The fourth-order valence-corrected chi connectivity index (χ4v) is 4.12. The molecule has 7 nitrogen and oxygen atoms in total. The first-order valence-corrected chi connectivity index (χ1v) is 12.4. The van der Waals surface area contributed by atoms with Crippen LogP contribution in [0, 0.1) is 10.8 Å². The van der Waals surface area contributed by atoms with E-state index in [9.17, 15) is 9.59 Å². The smallest absolute Gasteiger partial charge is 0.254 e. The number of amides is 1. The van der Waals surface area contributed by atoms with Gasteiger partial charge in [0.05, 0.1) is 25.3 Å². The number of nitrogens with zero attached hydrogens (tertiary/aromatic N) is 1. The van der Waals surface area contributed by atoms with Crippen LogP contribution in [0.1, 0.15) is 85.9 Å². The van der Waals surface area contributed by atoms with Crippen LogP contribution in [0.3, 0.4) is 0 Å². The number of carbonyl (C=O) groups is 2. The van der Waals surface area contributed by atoms with E-state index < -0.39 is 0 Å². The average Bonchev–Trinajstić information content (AvgIpc) is 3.09. The van der Waals surface area contributed by atoms with Crippen LogP contribution in [-0.2, 0) is 12.0 Å². The summed E-state index contributed by atoms with van der Waals surface area (Å²) in [5.74, 6) is 1.16. The molecule has 0 radical (unpaired) electrons. The SMILES string of the molecule is CCOc1cc2c(cc1C(=O)NC)C(=N)N(CC(=O)c1ccc(OCC(C)(C)C)c(C(C)(C)C)c1)C2. The van der Waals surface area contributed by atoms with Crippen LogP contribution in [0.4, 0.5) is 0 Å². The molecular weight excluding hydrogens is 454 g/mol. The summed E-state index contributed by atoms with van der Waals surface area (Å²) in [6.45, 7) is 16.0. The molecule has 2 N–H and O–H groups in total. The normalized spacial score (nSPS) is 13.4. The van der Waals surface area contributed by atoms with Crippen molar-refractivity contribution in [3.8, 4) is 11.5 Å².